The maximum absolute atomic E-state index is 15.5. The number of fused-ring (bicyclic) bond motifs is 1. The van der Waals surface area contributed by atoms with Gasteiger partial charge in [0.2, 0.25) is 11.8 Å². The van der Waals surface area contributed by atoms with Gasteiger partial charge in [0.1, 0.15) is 11.5 Å². The fourth-order valence-electron chi connectivity index (χ4n) is 5.27. The van der Waals surface area contributed by atoms with Gasteiger partial charge < -0.3 is 9.64 Å². The van der Waals surface area contributed by atoms with Crippen molar-refractivity contribution < 1.29 is 31.5 Å². The zero-order valence-corrected chi connectivity index (χ0v) is 21.0. The Hall–Kier alpha value is -2.56. The van der Waals surface area contributed by atoms with Crippen LogP contribution in [0.15, 0.2) is 18.3 Å². The maximum Gasteiger partial charge on any atom is 0.422 e. The van der Waals surface area contributed by atoms with Crippen molar-refractivity contribution in [3.05, 3.63) is 41.1 Å². The van der Waals surface area contributed by atoms with E-state index in [-0.39, 0.29) is 24.0 Å². The molecule has 2 aliphatic rings. The second-order valence-corrected chi connectivity index (χ2v) is 10.3. The van der Waals surface area contributed by atoms with Crippen molar-refractivity contribution in [2.75, 3.05) is 26.2 Å². The van der Waals surface area contributed by atoms with Crippen LogP contribution in [0.2, 0.25) is 0 Å². The number of nitrogens with zero attached hydrogens (tertiary/aromatic N) is 4. The first-order chi connectivity index (χ1) is 17.5. The molecular formula is C26H33F5N4O2. The van der Waals surface area contributed by atoms with Crippen molar-refractivity contribution in [2.24, 2.45) is 13.0 Å². The minimum Gasteiger partial charge on any atom is -0.468 e. The molecular weight excluding hydrogens is 495 g/mol. The van der Waals surface area contributed by atoms with E-state index >= 15 is 4.39 Å². The molecule has 0 spiro atoms. The van der Waals surface area contributed by atoms with Gasteiger partial charge in [-0.3, -0.25) is 4.79 Å². The van der Waals surface area contributed by atoms with Crippen molar-refractivity contribution in [3.8, 4) is 5.88 Å². The maximum atomic E-state index is 15.5. The third-order valence-electron chi connectivity index (χ3n) is 7.51. The Kier molecular flexibility index (Phi) is 8.50. The number of aryl methyl sites for hydroxylation is 1. The number of ketones is 1. The van der Waals surface area contributed by atoms with Gasteiger partial charge in [-0.15, -0.1) is 0 Å². The quantitative estimate of drug-likeness (QED) is 0.439. The first-order valence-electron chi connectivity index (χ1n) is 12.8. The Morgan fingerprint density at radius 1 is 1.19 bits per heavy atom. The Labute approximate surface area is 213 Å². The summed E-state index contributed by atoms with van der Waals surface area (Å²) in [5.74, 6) is -0.466. The van der Waals surface area contributed by atoms with Gasteiger partial charge in [-0.25, -0.2) is 14.1 Å². The van der Waals surface area contributed by atoms with E-state index in [0.717, 1.165) is 22.5 Å². The summed E-state index contributed by atoms with van der Waals surface area (Å²) in [6, 6.07) is 3.23. The predicted octanol–water partition coefficient (Wildman–Crippen LogP) is 4.79. The summed E-state index contributed by atoms with van der Waals surface area (Å²) in [6.07, 6.45) is 1.04. The molecule has 0 N–H and O–H groups in total. The van der Waals surface area contributed by atoms with Gasteiger partial charge >= 0.3 is 6.18 Å². The summed E-state index contributed by atoms with van der Waals surface area (Å²) in [7, 11) is 1.49. The summed E-state index contributed by atoms with van der Waals surface area (Å²) >= 11 is 0. The largest absolute Gasteiger partial charge is 0.468 e. The molecule has 0 radical (unpaired) electrons. The highest BCUT2D eigenvalue weighted by atomic mass is 19.4. The van der Waals surface area contributed by atoms with E-state index in [2.05, 4.69) is 15.0 Å². The van der Waals surface area contributed by atoms with Crippen LogP contribution >= 0.6 is 0 Å². The van der Waals surface area contributed by atoms with Gasteiger partial charge in [-0.2, -0.15) is 22.7 Å². The summed E-state index contributed by atoms with van der Waals surface area (Å²) in [4.78, 5) is 18.8. The number of halogens is 5. The minimum atomic E-state index is -4.42. The lowest BCUT2D eigenvalue weighted by atomic mass is 9.76. The molecule has 4 rings (SSSR count). The van der Waals surface area contributed by atoms with Crippen molar-refractivity contribution in [2.45, 2.75) is 69.6 Å². The molecule has 2 aromatic rings. The lowest BCUT2D eigenvalue weighted by molar-refractivity contribution is -0.154. The molecule has 1 fully saturated rings. The number of carbonyl (C=O) groups is 1. The second-order valence-electron chi connectivity index (χ2n) is 10.3. The fraction of sp³-hybridized carbons (Fsp3) is 0.654. The smallest absolute Gasteiger partial charge is 0.422 e. The normalized spacial score (nSPS) is 22.9. The molecule has 0 bridgehead atoms. The van der Waals surface area contributed by atoms with Crippen LogP contribution in [-0.4, -0.2) is 63.5 Å². The van der Waals surface area contributed by atoms with Crippen LogP contribution in [0.25, 0.3) is 0 Å². The minimum absolute atomic E-state index is 0.0130. The highest BCUT2D eigenvalue weighted by Crippen LogP contribution is 2.39. The number of ether oxygens (including phenoxy) is 1. The summed E-state index contributed by atoms with van der Waals surface area (Å²) < 4.78 is 72.6. The molecule has 0 amide bonds. The van der Waals surface area contributed by atoms with Gasteiger partial charge in [0.25, 0.3) is 0 Å². The lowest BCUT2D eigenvalue weighted by Gasteiger charge is -2.35. The third kappa shape index (κ3) is 7.72. The molecule has 2 aromatic heterocycles. The molecule has 0 unspecified atom stereocenters. The summed E-state index contributed by atoms with van der Waals surface area (Å²) in [5.41, 5.74) is 0.731. The van der Waals surface area contributed by atoms with Crippen molar-refractivity contribution in [3.63, 3.8) is 0 Å². The van der Waals surface area contributed by atoms with E-state index in [0.29, 0.717) is 70.0 Å². The van der Waals surface area contributed by atoms with Crippen LogP contribution < -0.4 is 4.74 Å². The lowest BCUT2D eigenvalue weighted by Crippen LogP contribution is -2.36. The monoisotopic (exact) mass is 528 g/mol. The molecule has 1 aliphatic carbocycles. The zero-order chi connectivity index (χ0) is 26.6. The Balaban J connectivity index is 1.20. The number of pyridine rings is 1. The second kappa shape index (κ2) is 11.4. The standard InChI is InChI=1S/C26H33F5N4O2/c1-34-24(27)20(16-32-34)15-21(36)14-18-4-8-25(28,9-5-18)10-13-35-11-6-19-2-3-23(33-22(19)7-12-35)37-17-26(29,30)31/h2-3,16,18H,4-15,17H2,1H3. The number of Topliss-reactive ketones (excluding diaryl/α,β-unsaturated/α-hetero) is 1. The van der Waals surface area contributed by atoms with Crippen LogP contribution in [0.4, 0.5) is 22.0 Å². The number of rotatable bonds is 9. The average Bonchev–Trinajstić information content (AvgIpc) is 3.04. The van der Waals surface area contributed by atoms with Crippen molar-refractivity contribution >= 4 is 5.78 Å². The molecule has 6 nitrogen and oxygen atoms in total. The first-order valence-corrected chi connectivity index (χ1v) is 12.8. The highest BCUT2D eigenvalue weighted by Gasteiger charge is 2.36. The van der Waals surface area contributed by atoms with Gasteiger partial charge in [-0.05, 0) is 50.0 Å². The fourth-order valence-corrected chi connectivity index (χ4v) is 5.27. The first kappa shape index (κ1) is 27.5. The van der Waals surface area contributed by atoms with E-state index < -0.39 is 24.4 Å². The molecule has 11 heteroatoms. The number of hydrogen-bond donors (Lipinski definition) is 0. The van der Waals surface area contributed by atoms with E-state index in [4.69, 9.17) is 4.74 Å². The predicted molar refractivity (Wildman–Crippen MR) is 127 cm³/mol. The van der Waals surface area contributed by atoms with Gasteiger partial charge in [-0.1, -0.05) is 6.07 Å². The average molecular weight is 529 g/mol. The molecule has 0 aromatic carbocycles. The molecule has 0 atom stereocenters. The van der Waals surface area contributed by atoms with Crippen LogP contribution in [0.1, 0.15) is 55.3 Å². The number of hydrogen-bond acceptors (Lipinski definition) is 5. The molecule has 1 aliphatic heterocycles. The Bertz CT molecular complexity index is 1080. The van der Waals surface area contributed by atoms with Crippen LogP contribution in [-0.2, 0) is 31.1 Å². The van der Waals surface area contributed by atoms with Gasteiger partial charge in [0, 0.05) is 63.3 Å². The third-order valence-corrected chi connectivity index (χ3v) is 7.51. The van der Waals surface area contributed by atoms with E-state index in [1.807, 2.05) is 0 Å². The van der Waals surface area contributed by atoms with E-state index in [1.54, 1.807) is 6.07 Å². The molecule has 0 saturated heterocycles. The van der Waals surface area contributed by atoms with E-state index in [9.17, 15) is 22.4 Å². The topological polar surface area (TPSA) is 60.2 Å². The Morgan fingerprint density at radius 3 is 2.59 bits per heavy atom. The highest BCUT2D eigenvalue weighted by molar-refractivity contribution is 5.81. The molecule has 37 heavy (non-hydrogen) atoms. The van der Waals surface area contributed by atoms with Gasteiger partial charge in [0.15, 0.2) is 6.61 Å². The number of carbonyl (C=O) groups excluding carboxylic acids is 1. The van der Waals surface area contributed by atoms with E-state index in [1.165, 1.54) is 19.3 Å². The summed E-state index contributed by atoms with van der Waals surface area (Å²) in [6.45, 7) is 0.601. The Morgan fingerprint density at radius 2 is 1.92 bits per heavy atom. The van der Waals surface area contributed by atoms with Crippen molar-refractivity contribution in [1.82, 2.24) is 19.7 Å². The summed E-state index contributed by atoms with van der Waals surface area (Å²) in [5, 5.41) is 3.82. The zero-order valence-electron chi connectivity index (χ0n) is 21.0. The van der Waals surface area contributed by atoms with Crippen LogP contribution in [0, 0.1) is 11.9 Å². The molecule has 3 heterocycles. The molecule has 204 valence electrons. The number of alkyl halides is 4. The van der Waals surface area contributed by atoms with Gasteiger partial charge in [0.05, 0.1) is 6.20 Å². The molecule has 1 saturated carbocycles. The SMILES string of the molecule is Cn1ncc(CC(=O)CC2CCC(F)(CCN3CCc4ccc(OCC(F)(F)F)nc4CC3)CC2)c1F. The van der Waals surface area contributed by atoms with Crippen LogP contribution in [0.3, 0.4) is 0 Å². The van der Waals surface area contributed by atoms with Crippen LogP contribution in [0.5, 0.6) is 5.88 Å². The van der Waals surface area contributed by atoms with Crippen molar-refractivity contribution in [1.29, 1.82) is 0 Å². The number of aromatic nitrogens is 3.